The average molecular weight is 255 g/mol. The van der Waals surface area contributed by atoms with Crippen molar-refractivity contribution in [3.05, 3.63) is 35.4 Å². The normalized spacial score (nSPS) is 27.1. The fourth-order valence-corrected chi connectivity index (χ4v) is 2.34. The van der Waals surface area contributed by atoms with Gasteiger partial charge in [0.2, 0.25) is 5.91 Å². The second kappa shape index (κ2) is 4.04. The highest BCUT2D eigenvalue weighted by Crippen LogP contribution is 2.37. The zero-order valence-electron chi connectivity index (χ0n) is 9.54. The second-order valence-electron chi connectivity index (χ2n) is 4.56. The number of amides is 1. The lowest BCUT2D eigenvalue weighted by atomic mass is 9.75. The lowest BCUT2D eigenvalue weighted by Crippen LogP contribution is -2.45. The van der Waals surface area contributed by atoms with E-state index in [0.717, 1.165) is 6.07 Å². The quantitative estimate of drug-likeness (QED) is 0.834. The van der Waals surface area contributed by atoms with Crippen LogP contribution in [0.2, 0.25) is 0 Å². The van der Waals surface area contributed by atoms with Crippen LogP contribution in [0.15, 0.2) is 18.2 Å². The summed E-state index contributed by atoms with van der Waals surface area (Å²) in [5.41, 5.74) is -1.20. The molecule has 0 saturated carbocycles. The van der Waals surface area contributed by atoms with Crippen LogP contribution in [0.1, 0.15) is 18.9 Å². The first-order valence-corrected chi connectivity index (χ1v) is 5.32. The highest BCUT2D eigenvalue weighted by Gasteiger charge is 2.49. The van der Waals surface area contributed by atoms with Gasteiger partial charge in [0.25, 0.3) is 0 Å². The molecule has 18 heavy (non-hydrogen) atoms. The van der Waals surface area contributed by atoms with Gasteiger partial charge in [-0.3, -0.25) is 4.79 Å². The molecular formula is C12H11F2NO3. The maximum Gasteiger partial charge on any atom is 0.327 e. The molecule has 1 amide bonds. The van der Waals surface area contributed by atoms with Crippen molar-refractivity contribution >= 4 is 11.9 Å². The van der Waals surface area contributed by atoms with E-state index < -0.39 is 35.0 Å². The second-order valence-corrected chi connectivity index (χ2v) is 4.56. The molecule has 1 aromatic rings. The Morgan fingerprint density at radius 1 is 1.50 bits per heavy atom. The van der Waals surface area contributed by atoms with Crippen LogP contribution >= 0.6 is 0 Å². The topological polar surface area (TPSA) is 66.4 Å². The molecule has 96 valence electrons. The Labute approximate surface area is 102 Å². The van der Waals surface area contributed by atoms with E-state index in [2.05, 4.69) is 5.32 Å². The van der Waals surface area contributed by atoms with Gasteiger partial charge in [-0.25, -0.2) is 13.6 Å². The van der Waals surface area contributed by atoms with E-state index in [4.69, 9.17) is 5.11 Å². The minimum absolute atomic E-state index is 0.0228. The van der Waals surface area contributed by atoms with Crippen LogP contribution in [0.4, 0.5) is 8.78 Å². The monoisotopic (exact) mass is 255 g/mol. The number of carboxylic acid groups (broad SMARTS) is 1. The van der Waals surface area contributed by atoms with Crippen LogP contribution in [0.5, 0.6) is 0 Å². The molecule has 1 aromatic carbocycles. The Balaban J connectivity index is 2.52. The molecule has 1 heterocycles. The van der Waals surface area contributed by atoms with Crippen molar-refractivity contribution in [2.24, 2.45) is 0 Å². The molecule has 2 rings (SSSR count). The highest BCUT2D eigenvalue weighted by atomic mass is 19.1. The van der Waals surface area contributed by atoms with Crippen molar-refractivity contribution in [3.8, 4) is 0 Å². The number of carbonyl (C=O) groups is 2. The molecule has 0 aliphatic carbocycles. The highest BCUT2D eigenvalue weighted by molar-refractivity contribution is 5.90. The molecule has 0 radical (unpaired) electrons. The third-order valence-corrected chi connectivity index (χ3v) is 3.26. The molecule has 2 unspecified atom stereocenters. The van der Waals surface area contributed by atoms with Gasteiger partial charge in [0.05, 0.1) is 0 Å². The molecular weight excluding hydrogens is 244 g/mol. The SMILES string of the molecule is CC1(c2ccc(F)cc2F)CC(=O)NC1C(=O)O. The van der Waals surface area contributed by atoms with E-state index in [-0.39, 0.29) is 12.0 Å². The summed E-state index contributed by atoms with van der Waals surface area (Å²) in [6.07, 6.45) is -0.146. The van der Waals surface area contributed by atoms with Crippen molar-refractivity contribution in [1.29, 1.82) is 0 Å². The molecule has 1 aliphatic rings. The summed E-state index contributed by atoms with van der Waals surface area (Å²) in [6.45, 7) is 1.47. The summed E-state index contributed by atoms with van der Waals surface area (Å²) in [4.78, 5) is 22.5. The summed E-state index contributed by atoms with van der Waals surface area (Å²) in [6, 6.07) is 1.69. The van der Waals surface area contributed by atoms with Crippen molar-refractivity contribution in [3.63, 3.8) is 0 Å². The van der Waals surface area contributed by atoms with E-state index >= 15 is 0 Å². The van der Waals surface area contributed by atoms with Gasteiger partial charge in [0, 0.05) is 17.9 Å². The lowest BCUT2D eigenvalue weighted by Gasteiger charge is -2.28. The van der Waals surface area contributed by atoms with E-state index in [1.54, 1.807) is 0 Å². The predicted octanol–water partition coefficient (Wildman–Crippen LogP) is 1.20. The molecule has 4 nitrogen and oxygen atoms in total. The minimum atomic E-state index is -1.24. The molecule has 1 aliphatic heterocycles. The van der Waals surface area contributed by atoms with E-state index in [0.29, 0.717) is 6.07 Å². The van der Waals surface area contributed by atoms with E-state index in [1.807, 2.05) is 0 Å². The summed E-state index contributed by atoms with van der Waals surface area (Å²) in [5.74, 6) is -3.30. The first-order valence-electron chi connectivity index (χ1n) is 5.32. The number of carbonyl (C=O) groups excluding carboxylic acids is 1. The Hall–Kier alpha value is -1.98. The zero-order chi connectivity index (χ0) is 13.5. The number of aliphatic carboxylic acids is 1. The maximum atomic E-state index is 13.7. The Morgan fingerprint density at radius 3 is 2.72 bits per heavy atom. The average Bonchev–Trinajstić information content (AvgIpc) is 2.54. The van der Waals surface area contributed by atoms with Crippen LogP contribution in [0, 0.1) is 11.6 Å². The fraction of sp³-hybridized carbons (Fsp3) is 0.333. The van der Waals surface area contributed by atoms with Gasteiger partial charge in [-0.15, -0.1) is 0 Å². The number of benzene rings is 1. The lowest BCUT2D eigenvalue weighted by molar-refractivity contribution is -0.141. The van der Waals surface area contributed by atoms with Gasteiger partial charge in [-0.05, 0) is 11.6 Å². The van der Waals surface area contributed by atoms with Gasteiger partial charge < -0.3 is 10.4 Å². The third-order valence-electron chi connectivity index (χ3n) is 3.26. The number of rotatable bonds is 2. The molecule has 0 spiro atoms. The molecule has 0 bridgehead atoms. The van der Waals surface area contributed by atoms with Crippen molar-refractivity contribution in [2.45, 2.75) is 24.8 Å². The number of carboxylic acids is 1. The molecule has 2 N–H and O–H groups in total. The van der Waals surface area contributed by atoms with Crippen molar-refractivity contribution in [2.75, 3.05) is 0 Å². The van der Waals surface area contributed by atoms with Gasteiger partial charge in [-0.1, -0.05) is 13.0 Å². The third kappa shape index (κ3) is 1.83. The predicted molar refractivity (Wildman–Crippen MR) is 57.9 cm³/mol. The summed E-state index contributed by atoms with van der Waals surface area (Å²) in [5, 5.41) is 11.3. The minimum Gasteiger partial charge on any atom is -0.480 e. The molecule has 1 fully saturated rings. The van der Waals surface area contributed by atoms with Crippen LogP contribution in [-0.2, 0) is 15.0 Å². The Morgan fingerprint density at radius 2 is 2.17 bits per heavy atom. The van der Waals surface area contributed by atoms with Gasteiger partial charge >= 0.3 is 5.97 Å². The Kier molecular flexibility index (Phi) is 2.80. The van der Waals surface area contributed by atoms with Crippen molar-refractivity contribution < 1.29 is 23.5 Å². The molecule has 1 saturated heterocycles. The Bertz CT molecular complexity index is 532. The van der Waals surface area contributed by atoms with Gasteiger partial charge in [0.1, 0.15) is 17.7 Å². The van der Waals surface area contributed by atoms with Crippen LogP contribution in [0.3, 0.4) is 0 Å². The van der Waals surface area contributed by atoms with E-state index in [1.165, 1.54) is 13.0 Å². The molecule has 6 heteroatoms. The van der Waals surface area contributed by atoms with Crippen LogP contribution in [0.25, 0.3) is 0 Å². The molecule has 2 atom stereocenters. The van der Waals surface area contributed by atoms with Gasteiger partial charge in [-0.2, -0.15) is 0 Å². The van der Waals surface area contributed by atoms with E-state index in [9.17, 15) is 18.4 Å². The summed E-state index contributed by atoms with van der Waals surface area (Å²) >= 11 is 0. The number of nitrogens with one attached hydrogen (secondary N) is 1. The first-order chi connectivity index (χ1) is 8.34. The van der Waals surface area contributed by atoms with Gasteiger partial charge in [0.15, 0.2) is 0 Å². The van der Waals surface area contributed by atoms with Crippen molar-refractivity contribution in [1.82, 2.24) is 5.32 Å². The zero-order valence-corrected chi connectivity index (χ0v) is 9.54. The van der Waals surface area contributed by atoms with Crippen LogP contribution in [-0.4, -0.2) is 23.0 Å². The fourth-order valence-electron chi connectivity index (χ4n) is 2.34. The number of hydrogen-bond donors (Lipinski definition) is 2. The first kappa shape index (κ1) is 12.5. The smallest absolute Gasteiger partial charge is 0.327 e. The number of halogens is 2. The standard InChI is InChI=1S/C12H11F2NO3/c1-12(5-9(16)15-10(12)11(17)18)7-3-2-6(13)4-8(7)14/h2-4,10H,5H2,1H3,(H,15,16)(H,17,18). The molecule has 0 aromatic heterocycles. The largest absolute Gasteiger partial charge is 0.480 e. The van der Waals surface area contributed by atoms with Crippen LogP contribution < -0.4 is 5.32 Å². The summed E-state index contributed by atoms with van der Waals surface area (Å²) < 4.78 is 26.6. The number of hydrogen-bond acceptors (Lipinski definition) is 2. The maximum absolute atomic E-state index is 13.7. The summed E-state index contributed by atoms with van der Waals surface area (Å²) in [7, 11) is 0.